The Morgan fingerprint density at radius 3 is 2.92 bits per heavy atom. The lowest BCUT2D eigenvalue weighted by Crippen LogP contribution is -2.12. The molecule has 118 valence electrons. The second kappa shape index (κ2) is 5.35. The summed E-state index contributed by atoms with van der Waals surface area (Å²) in [5.74, 6) is 1.61. The van der Waals surface area contributed by atoms with Crippen LogP contribution in [0.2, 0.25) is 0 Å². The largest absolute Gasteiger partial charge is 0.361 e. The molecule has 2 N–H and O–H groups in total. The van der Waals surface area contributed by atoms with Crippen molar-refractivity contribution < 1.29 is 0 Å². The molecule has 0 amide bonds. The Bertz CT molecular complexity index is 1070. The van der Waals surface area contributed by atoms with Crippen LogP contribution in [0.5, 0.6) is 0 Å². The van der Waals surface area contributed by atoms with Crippen LogP contribution in [0.15, 0.2) is 36.7 Å². The topological polar surface area (TPSA) is 94.7 Å². The Morgan fingerprint density at radius 1 is 1.33 bits per heavy atom. The van der Waals surface area contributed by atoms with E-state index >= 15 is 0 Å². The zero-order valence-electron chi connectivity index (χ0n) is 13.3. The van der Waals surface area contributed by atoms with Crippen LogP contribution in [0, 0.1) is 18.3 Å². The second-order valence-corrected chi connectivity index (χ2v) is 5.70. The molecule has 0 spiro atoms. The van der Waals surface area contributed by atoms with Crippen molar-refractivity contribution in [2.24, 2.45) is 0 Å². The standard InChI is InChI=1S/C17H15N7/c1-10-7-15(21-11(2)16-19-9-20-23-16)24-14-6-4-3-5-13(14)22-17(24)12(10)8-18/h3-7,9,11,21H,1-2H3,(H,19,20,23). The van der Waals surface area contributed by atoms with Gasteiger partial charge in [-0.2, -0.15) is 10.4 Å². The normalized spacial score (nSPS) is 12.4. The fourth-order valence-corrected chi connectivity index (χ4v) is 2.91. The van der Waals surface area contributed by atoms with E-state index in [0.717, 1.165) is 28.2 Å². The van der Waals surface area contributed by atoms with Crippen molar-refractivity contribution in [2.75, 3.05) is 5.32 Å². The first-order valence-electron chi connectivity index (χ1n) is 7.61. The van der Waals surface area contributed by atoms with Crippen LogP contribution in [-0.2, 0) is 0 Å². The lowest BCUT2D eigenvalue weighted by Gasteiger charge is -2.16. The van der Waals surface area contributed by atoms with Gasteiger partial charge in [-0.3, -0.25) is 9.50 Å². The average molecular weight is 317 g/mol. The third-order valence-electron chi connectivity index (χ3n) is 4.09. The van der Waals surface area contributed by atoms with Crippen LogP contribution in [0.4, 0.5) is 5.82 Å². The molecular formula is C17H15N7. The lowest BCUT2D eigenvalue weighted by atomic mass is 10.1. The van der Waals surface area contributed by atoms with E-state index in [9.17, 15) is 5.26 Å². The van der Waals surface area contributed by atoms with Gasteiger partial charge in [-0.15, -0.1) is 0 Å². The maximum absolute atomic E-state index is 9.52. The Kier molecular flexibility index (Phi) is 3.17. The monoisotopic (exact) mass is 317 g/mol. The minimum atomic E-state index is -0.0656. The van der Waals surface area contributed by atoms with Crippen LogP contribution in [0.1, 0.15) is 29.9 Å². The lowest BCUT2D eigenvalue weighted by molar-refractivity contribution is 0.788. The van der Waals surface area contributed by atoms with Gasteiger partial charge in [-0.25, -0.2) is 9.97 Å². The smallest absolute Gasteiger partial charge is 0.157 e. The number of aromatic amines is 1. The molecule has 1 aromatic carbocycles. The molecule has 0 radical (unpaired) electrons. The van der Waals surface area contributed by atoms with E-state index in [0.29, 0.717) is 11.2 Å². The van der Waals surface area contributed by atoms with Crippen LogP contribution >= 0.6 is 0 Å². The summed E-state index contributed by atoms with van der Waals surface area (Å²) in [4.78, 5) is 8.83. The molecule has 1 unspecified atom stereocenters. The third kappa shape index (κ3) is 2.08. The van der Waals surface area contributed by atoms with Gasteiger partial charge in [0.1, 0.15) is 24.0 Å². The zero-order valence-corrected chi connectivity index (χ0v) is 13.3. The molecule has 24 heavy (non-hydrogen) atoms. The van der Waals surface area contributed by atoms with Gasteiger partial charge in [0.15, 0.2) is 5.65 Å². The first kappa shape index (κ1) is 14.2. The zero-order chi connectivity index (χ0) is 16.7. The number of nitriles is 1. The van der Waals surface area contributed by atoms with Gasteiger partial charge < -0.3 is 5.32 Å². The molecule has 0 aliphatic heterocycles. The Morgan fingerprint density at radius 2 is 2.17 bits per heavy atom. The number of para-hydroxylation sites is 2. The van der Waals surface area contributed by atoms with E-state index in [2.05, 4.69) is 31.6 Å². The van der Waals surface area contributed by atoms with Gasteiger partial charge in [0.25, 0.3) is 0 Å². The number of rotatable bonds is 3. The number of aromatic nitrogens is 5. The van der Waals surface area contributed by atoms with Gasteiger partial charge >= 0.3 is 0 Å². The van der Waals surface area contributed by atoms with Crippen LogP contribution < -0.4 is 5.32 Å². The van der Waals surface area contributed by atoms with Crippen molar-refractivity contribution >= 4 is 22.5 Å². The summed E-state index contributed by atoms with van der Waals surface area (Å²) in [6.45, 7) is 3.92. The van der Waals surface area contributed by atoms with Gasteiger partial charge in [0.2, 0.25) is 0 Å². The number of hydrogen-bond donors (Lipinski definition) is 2. The highest BCUT2D eigenvalue weighted by Crippen LogP contribution is 2.28. The highest BCUT2D eigenvalue weighted by molar-refractivity contribution is 5.85. The van der Waals surface area contributed by atoms with Crippen molar-refractivity contribution in [3.8, 4) is 6.07 Å². The molecule has 0 saturated heterocycles. The Balaban J connectivity index is 1.96. The number of anilines is 1. The van der Waals surface area contributed by atoms with E-state index in [4.69, 9.17) is 0 Å². The van der Waals surface area contributed by atoms with Gasteiger partial charge in [-0.05, 0) is 37.6 Å². The average Bonchev–Trinajstić information content (AvgIpc) is 3.22. The number of aryl methyl sites for hydroxylation is 1. The van der Waals surface area contributed by atoms with Crippen LogP contribution in [0.25, 0.3) is 16.7 Å². The van der Waals surface area contributed by atoms with E-state index in [1.165, 1.54) is 6.33 Å². The SMILES string of the molecule is Cc1cc(NC(C)c2ncn[nH]2)n2c(nc3ccccc32)c1C#N. The third-order valence-corrected chi connectivity index (χ3v) is 4.09. The van der Waals surface area contributed by atoms with Crippen LogP contribution in [0.3, 0.4) is 0 Å². The molecule has 0 saturated carbocycles. The summed E-state index contributed by atoms with van der Waals surface area (Å²) in [5.41, 5.74) is 3.94. The summed E-state index contributed by atoms with van der Waals surface area (Å²) >= 11 is 0. The summed E-state index contributed by atoms with van der Waals surface area (Å²) in [6, 6.07) is 12.0. The molecule has 0 fully saturated rings. The molecule has 4 rings (SSSR count). The van der Waals surface area contributed by atoms with Crippen molar-refractivity contribution in [2.45, 2.75) is 19.9 Å². The van der Waals surface area contributed by atoms with E-state index in [1.807, 2.05) is 48.6 Å². The molecule has 4 aromatic rings. The minimum Gasteiger partial charge on any atom is -0.361 e. The highest BCUT2D eigenvalue weighted by atomic mass is 15.2. The fraction of sp³-hybridized carbons (Fsp3) is 0.176. The first-order valence-corrected chi connectivity index (χ1v) is 7.61. The van der Waals surface area contributed by atoms with E-state index in [-0.39, 0.29) is 6.04 Å². The molecule has 7 heteroatoms. The molecule has 3 heterocycles. The van der Waals surface area contributed by atoms with Gasteiger partial charge in [-0.1, -0.05) is 12.1 Å². The predicted octanol–water partition coefficient (Wildman–Crippen LogP) is 2.96. The van der Waals surface area contributed by atoms with E-state index in [1.54, 1.807) is 0 Å². The number of nitrogens with one attached hydrogen (secondary N) is 2. The maximum Gasteiger partial charge on any atom is 0.157 e. The maximum atomic E-state index is 9.52. The predicted molar refractivity (Wildman–Crippen MR) is 90.6 cm³/mol. The molecule has 0 bridgehead atoms. The number of pyridine rings is 1. The number of H-pyrrole nitrogens is 1. The summed E-state index contributed by atoms with van der Waals surface area (Å²) in [6.07, 6.45) is 1.49. The summed E-state index contributed by atoms with van der Waals surface area (Å²) in [7, 11) is 0. The molecule has 1 atom stereocenters. The van der Waals surface area contributed by atoms with E-state index < -0.39 is 0 Å². The van der Waals surface area contributed by atoms with Gasteiger partial charge in [0.05, 0.1) is 22.6 Å². The van der Waals surface area contributed by atoms with Crippen molar-refractivity contribution in [1.29, 1.82) is 5.26 Å². The first-order chi connectivity index (χ1) is 11.7. The quantitative estimate of drug-likeness (QED) is 0.606. The molecule has 0 aliphatic rings. The molecule has 7 nitrogen and oxygen atoms in total. The summed E-state index contributed by atoms with van der Waals surface area (Å²) < 4.78 is 1.98. The highest BCUT2D eigenvalue weighted by Gasteiger charge is 2.17. The number of fused-ring (bicyclic) bond motifs is 3. The minimum absolute atomic E-state index is 0.0656. The number of imidazole rings is 1. The Hall–Kier alpha value is -3.40. The number of hydrogen-bond acceptors (Lipinski definition) is 5. The number of benzene rings is 1. The molecule has 3 aromatic heterocycles. The van der Waals surface area contributed by atoms with Crippen molar-refractivity contribution in [1.82, 2.24) is 24.6 Å². The van der Waals surface area contributed by atoms with Crippen molar-refractivity contribution in [3.05, 3.63) is 53.6 Å². The van der Waals surface area contributed by atoms with Gasteiger partial charge in [0, 0.05) is 0 Å². The Labute approximate surface area is 138 Å². The number of nitrogens with zero attached hydrogens (tertiary/aromatic N) is 5. The fourth-order valence-electron chi connectivity index (χ4n) is 2.91. The van der Waals surface area contributed by atoms with Crippen LogP contribution in [-0.4, -0.2) is 24.6 Å². The van der Waals surface area contributed by atoms with Crippen molar-refractivity contribution in [3.63, 3.8) is 0 Å². The second-order valence-electron chi connectivity index (χ2n) is 5.70. The summed E-state index contributed by atoms with van der Waals surface area (Å²) in [5, 5.41) is 19.7. The molecule has 0 aliphatic carbocycles. The molecular weight excluding hydrogens is 302 g/mol.